The van der Waals surface area contributed by atoms with E-state index in [0.717, 1.165) is 10.5 Å². The number of rotatable bonds is 6. The minimum absolute atomic E-state index is 0.00844. The lowest BCUT2D eigenvalue weighted by Gasteiger charge is -2.13. The van der Waals surface area contributed by atoms with Gasteiger partial charge < -0.3 is 14.6 Å². The Kier molecular flexibility index (Phi) is 5.68. The number of ketones is 1. The molecule has 0 spiro atoms. The van der Waals surface area contributed by atoms with Crippen molar-refractivity contribution in [3.8, 4) is 11.5 Å². The van der Waals surface area contributed by atoms with Gasteiger partial charge in [-0.15, -0.1) is 0 Å². The first-order valence-electron chi connectivity index (χ1n) is 7.83. The van der Waals surface area contributed by atoms with Crippen LogP contribution in [0.15, 0.2) is 50.7 Å². The van der Waals surface area contributed by atoms with E-state index in [9.17, 15) is 9.59 Å². The van der Waals surface area contributed by atoms with Gasteiger partial charge in [-0.1, -0.05) is 23.9 Å². The molecule has 1 heterocycles. The van der Waals surface area contributed by atoms with Gasteiger partial charge in [0.05, 0.1) is 16.0 Å². The van der Waals surface area contributed by atoms with Gasteiger partial charge in [-0.05, 0) is 58.8 Å². The second kappa shape index (κ2) is 7.97. The van der Waals surface area contributed by atoms with Crippen LogP contribution >= 0.6 is 27.7 Å². The summed E-state index contributed by atoms with van der Waals surface area (Å²) >= 11 is 4.82. The smallest absolute Gasteiger partial charge is 0.341 e. The zero-order chi connectivity index (χ0) is 18.7. The minimum Gasteiger partial charge on any atom is -0.490 e. The third-order valence-electron chi connectivity index (χ3n) is 3.54. The zero-order valence-electron chi connectivity index (χ0n) is 13.8. The highest BCUT2D eigenvalue weighted by molar-refractivity contribution is 9.10. The number of ether oxygens (including phenoxy) is 2. The Balaban J connectivity index is 1.94. The fraction of sp³-hybridized carbons (Fsp3) is 0.158. The van der Waals surface area contributed by atoms with E-state index in [1.165, 1.54) is 11.8 Å². The molecular formula is C19H15BrO5S. The summed E-state index contributed by atoms with van der Waals surface area (Å²) in [6.07, 6.45) is 1.79. The molecule has 0 radical (unpaired) electrons. The van der Waals surface area contributed by atoms with Gasteiger partial charge >= 0.3 is 5.97 Å². The lowest BCUT2D eigenvalue weighted by atomic mass is 10.1. The second-order valence-electron chi connectivity index (χ2n) is 5.38. The number of carboxylic acid groups (broad SMARTS) is 1. The molecule has 0 saturated heterocycles. The first kappa shape index (κ1) is 18.5. The summed E-state index contributed by atoms with van der Waals surface area (Å²) in [5.74, 6) is -0.338. The maximum Gasteiger partial charge on any atom is 0.341 e. The number of hydrogen-bond donors (Lipinski definition) is 1. The Morgan fingerprint density at radius 3 is 2.73 bits per heavy atom. The maximum atomic E-state index is 12.5. The van der Waals surface area contributed by atoms with Gasteiger partial charge in [0, 0.05) is 10.5 Å². The Morgan fingerprint density at radius 1 is 1.27 bits per heavy atom. The average molecular weight is 435 g/mol. The van der Waals surface area contributed by atoms with Gasteiger partial charge in [0.2, 0.25) is 5.78 Å². The van der Waals surface area contributed by atoms with Gasteiger partial charge in [-0.25, -0.2) is 4.79 Å². The molecule has 0 saturated carbocycles. The van der Waals surface area contributed by atoms with Crippen LogP contribution in [0.5, 0.6) is 11.5 Å². The van der Waals surface area contributed by atoms with Crippen LogP contribution in [0.1, 0.15) is 22.8 Å². The van der Waals surface area contributed by atoms with Crippen molar-refractivity contribution in [1.82, 2.24) is 0 Å². The fourth-order valence-electron chi connectivity index (χ4n) is 2.50. The van der Waals surface area contributed by atoms with Gasteiger partial charge in [0.25, 0.3) is 0 Å². The average Bonchev–Trinajstić information content (AvgIpc) is 2.90. The van der Waals surface area contributed by atoms with Crippen LogP contribution < -0.4 is 9.47 Å². The summed E-state index contributed by atoms with van der Waals surface area (Å²) in [4.78, 5) is 24.8. The number of hydrogen-bond acceptors (Lipinski definition) is 5. The molecule has 1 N–H and O–H groups in total. The van der Waals surface area contributed by atoms with Crippen molar-refractivity contribution in [2.24, 2.45) is 0 Å². The molecule has 2 aromatic rings. The molecule has 5 nitrogen and oxygen atoms in total. The number of carbonyl (C=O) groups is 2. The molecule has 1 aliphatic rings. The first-order chi connectivity index (χ1) is 12.5. The largest absolute Gasteiger partial charge is 0.490 e. The highest BCUT2D eigenvalue weighted by Crippen LogP contribution is 2.42. The predicted molar refractivity (Wildman–Crippen MR) is 103 cm³/mol. The number of carbonyl (C=O) groups excluding carboxylic acids is 1. The van der Waals surface area contributed by atoms with E-state index in [4.69, 9.17) is 14.6 Å². The topological polar surface area (TPSA) is 72.8 Å². The van der Waals surface area contributed by atoms with Crippen LogP contribution in [-0.4, -0.2) is 30.1 Å². The summed E-state index contributed by atoms with van der Waals surface area (Å²) < 4.78 is 11.4. The first-order valence-corrected chi connectivity index (χ1v) is 9.44. The molecule has 134 valence electrons. The van der Waals surface area contributed by atoms with E-state index in [1.54, 1.807) is 18.2 Å². The number of fused-ring (bicyclic) bond motifs is 1. The number of halogens is 1. The molecule has 0 unspecified atom stereocenters. The van der Waals surface area contributed by atoms with Crippen molar-refractivity contribution in [1.29, 1.82) is 0 Å². The van der Waals surface area contributed by atoms with Crippen LogP contribution in [-0.2, 0) is 4.79 Å². The van der Waals surface area contributed by atoms with E-state index >= 15 is 0 Å². The molecule has 0 amide bonds. The molecule has 0 atom stereocenters. The van der Waals surface area contributed by atoms with Crippen molar-refractivity contribution in [3.63, 3.8) is 0 Å². The normalized spacial score (nSPS) is 14.4. The number of Topliss-reactive ketones (excluding diaryl/α,β-unsaturated/α-hetero) is 1. The predicted octanol–water partition coefficient (Wildman–Crippen LogP) is 4.64. The maximum absolute atomic E-state index is 12.5. The minimum atomic E-state index is -1.07. The molecule has 0 aliphatic carbocycles. The van der Waals surface area contributed by atoms with Crippen LogP contribution in [0.25, 0.3) is 6.08 Å². The lowest BCUT2D eigenvalue weighted by molar-refractivity contribution is -0.139. The number of benzene rings is 2. The Morgan fingerprint density at radius 2 is 2.04 bits per heavy atom. The number of carboxylic acids is 1. The Hall–Kier alpha value is -2.25. The van der Waals surface area contributed by atoms with E-state index < -0.39 is 12.6 Å². The Bertz CT molecular complexity index is 907. The van der Waals surface area contributed by atoms with Crippen LogP contribution in [0, 0.1) is 0 Å². The molecule has 26 heavy (non-hydrogen) atoms. The molecule has 0 fully saturated rings. The highest BCUT2D eigenvalue weighted by Gasteiger charge is 2.25. The summed E-state index contributed by atoms with van der Waals surface area (Å²) in [6, 6.07) is 11.0. The third-order valence-corrected chi connectivity index (χ3v) is 5.23. The quantitative estimate of drug-likeness (QED) is 0.667. The van der Waals surface area contributed by atoms with E-state index in [-0.39, 0.29) is 5.78 Å². The Labute approximate surface area is 163 Å². The molecule has 1 aliphatic heterocycles. The number of thioether (sulfide) groups is 1. The van der Waals surface area contributed by atoms with Crippen LogP contribution in [0.4, 0.5) is 0 Å². The molecule has 0 bridgehead atoms. The zero-order valence-corrected chi connectivity index (χ0v) is 16.2. The number of allylic oxidation sites excluding steroid dienone is 1. The summed E-state index contributed by atoms with van der Waals surface area (Å²) in [7, 11) is 0. The molecule has 2 aromatic carbocycles. The molecule has 3 rings (SSSR count). The molecule has 7 heteroatoms. The highest BCUT2D eigenvalue weighted by atomic mass is 79.9. The van der Waals surface area contributed by atoms with Crippen molar-refractivity contribution >= 4 is 45.5 Å². The van der Waals surface area contributed by atoms with E-state index in [0.29, 0.717) is 33.0 Å². The van der Waals surface area contributed by atoms with Crippen LogP contribution in [0.3, 0.4) is 0 Å². The van der Waals surface area contributed by atoms with Crippen molar-refractivity contribution in [2.75, 3.05) is 13.2 Å². The number of aliphatic carboxylic acids is 1. The van der Waals surface area contributed by atoms with Crippen LogP contribution in [0.2, 0.25) is 0 Å². The van der Waals surface area contributed by atoms with Gasteiger partial charge in [-0.2, -0.15) is 0 Å². The van der Waals surface area contributed by atoms with Gasteiger partial charge in [0.1, 0.15) is 0 Å². The van der Waals surface area contributed by atoms with E-state index in [1.807, 2.05) is 31.2 Å². The monoisotopic (exact) mass is 434 g/mol. The summed E-state index contributed by atoms with van der Waals surface area (Å²) in [5.41, 5.74) is 1.46. The fourth-order valence-corrected chi connectivity index (χ4v) is 4.12. The molecular weight excluding hydrogens is 420 g/mol. The summed E-state index contributed by atoms with van der Waals surface area (Å²) in [5, 5.41) is 8.81. The summed E-state index contributed by atoms with van der Waals surface area (Å²) in [6.45, 7) is 1.75. The van der Waals surface area contributed by atoms with E-state index in [2.05, 4.69) is 15.9 Å². The van der Waals surface area contributed by atoms with Crippen molar-refractivity contribution < 1.29 is 24.2 Å². The third kappa shape index (κ3) is 3.94. The van der Waals surface area contributed by atoms with Gasteiger partial charge in [-0.3, -0.25) is 4.79 Å². The molecule has 0 aromatic heterocycles. The second-order valence-corrected chi connectivity index (χ2v) is 7.32. The van der Waals surface area contributed by atoms with Crippen molar-refractivity contribution in [3.05, 3.63) is 56.9 Å². The van der Waals surface area contributed by atoms with Crippen molar-refractivity contribution in [2.45, 2.75) is 11.8 Å². The lowest BCUT2D eigenvalue weighted by Crippen LogP contribution is -2.11. The SMILES string of the molecule is CCOc1cc(/C=C2/Sc3ccccc3C2=O)cc(Br)c1OCC(=O)O. The van der Waals surface area contributed by atoms with Gasteiger partial charge in [0.15, 0.2) is 18.1 Å². The standard InChI is InChI=1S/C19H15BrO5S/c1-2-24-14-8-11(7-13(20)19(14)25-10-17(21)22)9-16-18(23)12-5-3-4-6-15(12)26-16/h3-9H,2,10H2,1H3,(H,21,22)/b16-9+.